The Morgan fingerprint density at radius 2 is 1.95 bits per heavy atom. The van der Waals surface area contributed by atoms with Gasteiger partial charge in [0, 0.05) is 33.5 Å². The molecular formula is C11H18N4O4S. The first-order valence-corrected chi connectivity index (χ1v) is 7.46. The number of nitrogens with two attached hydrogens (primary N) is 1. The quantitative estimate of drug-likeness (QED) is 0.552. The molecule has 0 aromatic carbocycles. The van der Waals surface area contributed by atoms with Crippen LogP contribution in [0.2, 0.25) is 0 Å². The van der Waals surface area contributed by atoms with E-state index in [1.165, 1.54) is 24.7 Å². The summed E-state index contributed by atoms with van der Waals surface area (Å²) in [6.45, 7) is 0.440. The molecule has 1 fully saturated rings. The highest BCUT2D eigenvalue weighted by atomic mass is 32.2. The lowest BCUT2D eigenvalue weighted by atomic mass is 10.3. The van der Waals surface area contributed by atoms with Crippen molar-refractivity contribution in [1.29, 1.82) is 0 Å². The highest BCUT2D eigenvalue weighted by molar-refractivity contribution is 7.89. The van der Waals surface area contributed by atoms with E-state index in [1.54, 1.807) is 12.1 Å². The third kappa shape index (κ3) is 2.63. The van der Waals surface area contributed by atoms with E-state index in [0.717, 1.165) is 0 Å². The lowest BCUT2D eigenvalue weighted by molar-refractivity contribution is -0.00461. The van der Waals surface area contributed by atoms with Crippen LogP contribution in [0, 0.1) is 0 Å². The fraction of sp³-hybridized carbons (Fsp3) is 0.545. The number of nitrogens with zero attached hydrogens (tertiary/aromatic N) is 2. The van der Waals surface area contributed by atoms with Crippen LogP contribution in [0.3, 0.4) is 0 Å². The maximum Gasteiger partial charge on any atom is 0.262 e. The first-order valence-electron chi connectivity index (χ1n) is 6.02. The molecule has 1 saturated heterocycles. The summed E-state index contributed by atoms with van der Waals surface area (Å²) in [5.41, 5.74) is 2.60. The van der Waals surface area contributed by atoms with E-state index in [2.05, 4.69) is 10.4 Å². The number of ether oxygens (including phenoxy) is 2. The molecule has 1 aromatic heterocycles. The van der Waals surface area contributed by atoms with Crippen LogP contribution >= 0.6 is 0 Å². The highest BCUT2D eigenvalue weighted by Crippen LogP contribution is 2.26. The summed E-state index contributed by atoms with van der Waals surface area (Å²) in [6, 6.07) is 3.16. The van der Waals surface area contributed by atoms with E-state index in [0.29, 0.717) is 0 Å². The van der Waals surface area contributed by atoms with Crippen LogP contribution in [0.1, 0.15) is 0 Å². The van der Waals surface area contributed by atoms with E-state index in [9.17, 15) is 8.42 Å². The molecule has 2 unspecified atom stereocenters. The predicted octanol–water partition coefficient (Wildman–Crippen LogP) is -0.598. The summed E-state index contributed by atoms with van der Waals surface area (Å²) >= 11 is 0. The van der Waals surface area contributed by atoms with Gasteiger partial charge in [0.15, 0.2) is 5.03 Å². The SMILES string of the molecule is COC1CN(S(=O)(=O)c2ncccc2NN)CC1OC. The standard InChI is InChI=1S/C11H18N4O4S/c1-18-9-6-15(7-10(9)19-2)20(16,17)11-8(14-12)4-3-5-13-11/h3-5,9-10,14H,6-7,12H2,1-2H3. The van der Waals surface area contributed by atoms with Gasteiger partial charge in [-0.1, -0.05) is 0 Å². The van der Waals surface area contributed by atoms with Gasteiger partial charge in [-0.3, -0.25) is 5.84 Å². The van der Waals surface area contributed by atoms with Gasteiger partial charge in [-0.25, -0.2) is 13.4 Å². The van der Waals surface area contributed by atoms with Crippen LogP contribution in [0.4, 0.5) is 5.69 Å². The molecule has 0 amide bonds. The maximum atomic E-state index is 12.6. The second-order valence-electron chi connectivity index (χ2n) is 4.37. The second kappa shape index (κ2) is 6.02. The minimum absolute atomic E-state index is 0.103. The van der Waals surface area contributed by atoms with Gasteiger partial charge >= 0.3 is 0 Å². The normalized spacial score (nSPS) is 23.9. The van der Waals surface area contributed by atoms with E-state index in [-0.39, 0.29) is 36.0 Å². The minimum atomic E-state index is -3.75. The molecule has 0 bridgehead atoms. The molecule has 0 radical (unpaired) electrons. The molecule has 2 atom stereocenters. The molecule has 3 N–H and O–H groups in total. The molecule has 20 heavy (non-hydrogen) atoms. The molecule has 0 spiro atoms. The highest BCUT2D eigenvalue weighted by Gasteiger charge is 2.41. The zero-order valence-electron chi connectivity index (χ0n) is 11.3. The third-order valence-electron chi connectivity index (χ3n) is 3.30. The van der Waals surface area contributed by atoms with Gasteiger partial charge in [0.1, 0.15) is 0 Å². The topological polar surface area (TPSA) is 107 Å². The van der Waals surface area contributed by atoms with Crippen molar-refractivity contribution < 1.29 is 17.9 Å². The van der Waals surface area contributed by atoms with Crippen molar-refractivity contribution in [2.75, 3.05) is 32.7 Å². The monoisotopic (exact) mass is 302 g/mol. The number of sulfonamides is 1. The molecule has 1 aromatic rings. The molecule has 2 heterocycles. The van der Waals surface area contributed by atoms with E-state index in [4.69, 9.17) is 15.3 Å². The Kier molecular flexibility index (Phi) is 4.55. The average molecular weight is 302 g/mol. The Morgan fingerprint density at radius 3 is 2.45 bits per heavy atom. The van der Waals surface area contributed by atoms with Crippen LogP contribution in [0.5, 0.6) is 0 Å². The first-order chi connectivity index (χ1) is 9.54. The van der Waals surface area contributed by atoms with Gasteiger partial charge in [-0.15, -0.1) is 0 Å². The molecule has 1 aliphatic rings. The molecule has 0 saturated carbocycles. The van der Waals surface area contributed by atoms with Gasteiger partial charge in [0.25, 0.3) is 10.0 Å². The van der Waals surface area contributed by atoms with E-state index >= 15 is 0 Å². The second-order valence-corrected chi connectivity index (χ2v) is 6.22. The van der Waals surface area contributed by atoms with Crippen LogP contribution in [-0.4, -0.2) is 57.2 Å². The summed E-state index contributed by atoms with van der Waals surface area (Å²) in [6.07, 6.45) is 0.811. The van der Waals surface area contributed by atoms with Gasteiger partial charge in [-0.2, -0.15) is 4.31 Å². The number of hydrazine groups is 1. The number of pyridine rings is 1. The van der Waals surface area contributed by atoms with Crippen molar-refractivity contribution in [2.45, 2.75) is 17.2 Å². The first kappa shape index (κ1) is 15.1. The molecule has 2 rings (SSSR count). The average Bonchev–Trinajstić information content (AvgIpc) is 2.91. The summed E-state index contributed by atoms with van der Waals surface area (Å²) in [5, 5.41) is -0.103. The molecular weight excluding hydrogens is 284 g/mol. The Hall–Kier alpha value is -1.26. The fourth-order valence-corrected chi connectivity index (χ4v) is 3.72. The van der Waals surface area contributed by atoms with Crippen molar-refractivity contribution in [1.82, 2.24) is 9.29 Å². The fourth-order valence-electron chi connectivity index (χ4n) is 2.19. The van der Waals surface area contributed by atoms with Crippen LogP contribution < -0.4 is 11.3 Å². The predicted molar refractivity (Wildman–Crippen MR) is 72.4 cm³/mol. The van der Waals surface area contributed by atoms with Crippen LogP contribution in [-0.2, 0) is 19.5 Å². The number of methoxy groups -OCH3 is 2. The lowest BCUT2D eigenvalue weighted by Crippen LogP contribution is -2.31. The molecule has 9 heteroatoms. The number of rotatable bonds is 5. The molecule has 1 aliphatic heterocycles. The van der Waals surface area contributed by atoms with Crippen molar-refractivity contribution >= 4 is 15.7 Å². The molecule has 112 valence electrons. The number of hydrogen-bond acceptors (Lipinski definition) is 7. The zero-order chi connectivity index (χ0) is 14.8. The Morgan fingerprint density at radius 1 is 1.35 bits per heavy atom. The molecule has 0 aliphatic carbocycles. The van der Waals surface area contributed by atoms with Gasteiger partial charge in [-0.05, 0) is 12.1 Å². The molecule has 8 nitrogen and oxygen atoms in total. The van der Waals surface area contributed by atoms with Crippen molar-refractivity contribution in [3.8, 4) is 0 Å². The van der Waals surface area contributed by atoms with Crippen molar-refractivity contribution in [2.24, 2.45) is 5.84 Å². The zero-order valence-corrected chi connectivity index (χ0v) is 12.1. The lowest BCUT2D eigenvalue weighted by Gasteiger charge is -2.17. The van der Waals surface area contributed by atoms with E-state index in [1.807, 2.05) is 0 Å². The van der Waals surface area contributed by atoms with Gasteiger partial charge in [0.2, 0.25) is 0 Å². The minimum Gasteiger partial charge on any atom is -0.377 e. The van der Waals surface area contributed by atoms with Crippen LogP contribution in [0.15, 0.2) is 23.4 Å². The largest absolute Gasteiger partial charge is 0.377 e. The third-order valence-corrected chi connectivity index (χ3v) is 5.09. The summed E-state index contributed by atoms with van der Waals surface area (Å²) in [7, 11) is -0.691. The van der Waals surface area contributed by atoms with Gasteiger partial charge < -0.3 is 14.9 Å². The van der Waals surface area contributed by atoms with Crippen LogP contribution in [0.25, 0.3) is 0 Å². The van der Waals surface area contributed by atoms with Crippen molar-refractivity contribution in [3.05, 3.63) is 18.3 Å². The number of nitrogen functional groups attached to an aromatic ring is 1. The Balaban J connectivity index is 2.32. The van der Waals surface area contributed by atoms with Crippen molar-refractivity contribution in [3.63, 3.8) is 0 Å². The number of hydrogen-bond donors (Lipinski definition) is 2. The summed E-state index contributed by atoms with van der Waals surface area (Å²) in [4.78, 5) is 3.91. The van der Waals surface area contributed by atoms with Gasteiger partial charge in [0.05, 0.1) is 17.9 Å². The number of aromatic nitrogens is 1. The maximum absolute atomic E-state index is 12.6. The summed E-state index contributed by atoms with van der Waals surface area (Å²) < 4.78 is 37.0. The Bertz CT molecular complexity index is 553. The summed E-state index contributed by atoms with van der Waals surface area (Å²) in [5.74, 6) is 5.33. The van der Waals surface area contributed by atoms with E-state index < -0.39 is 10.0 Å². The Labute approximate surface area is 117 Å². The number of anilines is 1. The number of nitrogens with one attached hydrogen (secondary N) is 1. The smallest absolute Gasteiger partial charge is 0.262 e.